The van der Waals surface area contributed by atoms with Crippen LogP contribution >= 0.6 is 0 Å². The lowest BCUT2D eigenvalue weighted by Crippen LogP contribution is -2.40. The van der Waals surface area contributed by atoms with Crippen LogP contribution in [0, 0.1) is 0 Å². The number of rotatable bonds is 32. The van der Waals surface area contributed by atoms with E-state index in [1.165, 1.54) is 147 Å². The van der Waals surface area contributed by atoms with Gasteiger partial charge in [-0.3, -0.25) is 9.59 Å². The standard InChI is InChI=1S/C49H74N2O3/c1-3-5-7-9-11-13-15-17-19-22-38-51-46(52)36-35-45(49(53)54-39-24-20-18-16-14-12-10-8-6-4-2)50-37-23-21-26-40-29-30-43-32-31-41-27-25-28-42-33-34-44(40)48(43)47(41)42/h25,27-34,45,50H,3-24,26,35-39H2,1-2H3,(H,51,52)/t45-/m0/s1. The number of benzene rings is 4. The van der Waals surface area contributed by atoms with Crippen molar-refractivity contribution in [2.75, 3.05) is 19.7 Å². The number of ether oxygens (including phenoxy) is 1. The van der Waals surface area contributed by atoms with Crippen molar-refractivity contribution in [1.29, 1.82) is 0 Å². The fraction of sp³-hybridized carbons (Fsp3) is 0.633. The molecule has 5 heteroatoms. The van der Waals surface area contributed by atoms with E-state index in [9.17, 15) is 9.59 Å². The Balaban J connectivity index is 1.17. The van der Waals surface area contributed by atoms with Crippen molar-refractivity contribution < 1.29 is 14.3 Å². The number of nitrogens with one attached hydrogen (secondary N) is 2. The van der Waals surface area contributed by atoms with E-state index in [-0.39, 0.29) is 11.9 Å². The molecule has 0 unspecified atom stereocenters. The van der Waals surface area contributed by atoms with Crippen molar-refractivity contribution in [2.24, 2.45) is 0 Å². The van der Waals surface area contributed by atoms with E-state index in [0.717, 1.165) is 51.6 Å². The van der Waals surface area contributed by atoms with Gasteiger partial charge < -0.3 is 15.4 Å². The van der Waals surface area contributed by atoms with Crippen LogP contribution in [0.1, 0.15) is 174 Å². The molecular weight excluding hydrogens is 665 g/mol. The number of carbonyl (C=O) groups excluding carboxylic acids is 2. The van der Waals surface area contributed by atoms with Gasteiger partial charge in [-0.25, -0.2) is 0 Å². The first-order valence-corrected chi connectivity index (χ1v) is 22.4. The van der Waals surface area contributed by atoms with Crippen molar-refractivity contribution in [3.63, 3.8) is 0 Å². The molecule has 0 fully saturated rings. The monoisotopic (exact) mass is 739 g/mol. The number of esters is 1. The van der Waals surface area contributed by atoms with Crippen LogP contribution < -0.4 is 10.6 Å². The summed E-state index contributed by atoms with van der Waals surface area (Å²) in [4.78, 5) is 26.0. The van der Waals surface area contributed by atoms with E-state index in [1.807, 2.05) is 0 Å². The van der Waals surface area contributed by atoms with Crippen molar-refractivity contribution >= 4 is 44.2 Å². The number of carbonyl (C=O) groups is 2. The van der Waals surface area contributed by atoms with Gasteiger partial charge in [-0.15, -0.1) is 0 Å². The summed E-state index contributed by atoms with van der Waals surface area (Å²) in [5.41, 5.74) is 1.38. The topological polar surface area (TPSA) is 67.4 Å². The van der Waals surface area contributed by atoms with Gasteiger partial charge in [0.05, 0.1) is 6.61 Å². The van der Waals surface area contributed by atoms with Gasteiger partial charge in [0.25, 0.3) is 0 Å². The zero-order chi connectivity index (χ0) is 38.1. The lowest BCUT2D eigenvalue weighted by molar-refractivity contribution is -0.146. The molecule has 0 heterocycles. The molecule has 0 saturated carbocycles. The molecule has 4 aromatic rings. The van der Waals surface area contributed by atoms with E-state index < -0.39 is 6.04 Å². The summed E-state index contributed by atoms with van der Waals surface area (Å²) in [6, 6.07) is 19.7. The SMILES string of the molecule is CCCCCCCCCCCCNC(=O)CC[C@H](NCCCCc1ccc2ccc3cccc4ccc1c2c34)C(=O)OCCCCCCCCCCCC. The van der Waals surface area contributed by atoms with Gasteiger partial charge in [0.15, 0.2) is 0 Å². The van der Waals surface area contributed by atoms with Crippen LogP contribution in [0.4, 0.5) is 0 Å². The summed E-state index contributed by atoms with van der Waals surface area (Å²) in [6.07, 6.45) is 29.1. The van der Waals surface area contributed by atoms with Crippen LogP contribution in [0.3, 0.4) is 0 Å². The molecule has 0 saturated heterocycles. The Labute approximate surface area is 328 Å². The van der Waals surface area contributed by atoms with Gasteiger partial charge in [0.1, 0.15) is 6.04 Å². The highest BCUT2D eigenvalue weighted by molar-refractivity contribution is 6.23. The van der Waals surface area contributed by atoms with Crippen LogP contribution in [0.2, 0.25) is 0 Å². The van der Waals surface area contributed by atoms with Crippen LogP contribution in [0.5, 0.6) is 0 Å². The van der Waals surface area contributed by atoms with E-state index in [0.29, 0.717) is 19.4 Å². The Morgan fingerprint density at radius 3 is 1.70 bits per heavy atom. The molecular formula is C49H74N2O3. The molecule has 298 valence electrons. The summed E-state index contributed by atoms with van der Waals surface area (Å²) < 4.78 is 5.78. The minimum atomic E-state index is -0.453. The van der Waals surface area contributed by atoms with E-state index >= 15 is 0 Å². The Hall–Kier alpha value is -3.18. The van der Waals surface area contributed by atoms with E-state index in [4.69, 9.17) is 4.74 Å². The second-order valence-electron chi connectivity index (χ2n) is 16.0. The number of amides is 1. The van der Waals surface area contributed by atoms with Crippen LogP contribution in [0.15, 0.2) is 54.6 Å². The summed E-state index contributed by atoms with van der Waals surface area (Å²) in [7, 11) is 0. The third kappa shape index (κ3) is 15.5. The number of unbranched alkanes of at least 4 members (excludes halogenated alkanes) is 19. The van der Waals surface area contributed by atoms with Gasteiger partial charge in [-0.2, -0.15) is 0 Å². The minimum absolute atomic E-state index is 0.0363. The first-order valence-electron chi connectivity index (χ1n) is 22.4. The molecule has 4 rings (SSSR count). The Morgan fingerprint density at radius 2 is 1.07 bits per heavy atom. The third-order valence-electron chi connectivity index (χ3n) is 11.4. The number of aryl methyl sites for hydroxylation is 1. The van der Waals surface area contributed by atoms with Crippen LogP contribution in [-0.2, 0) is 20.7 Å². The summed E-state index contributed by atoms with van der Waals surface area (Å²) in [5.74, 6) is -0.172. The zero-order valence-electron chi connectivity index (χ0n) is 34.3. The highest BCUT2D eigenvalue weighted by Gasteiger charge is 2.21. The van der Waals surface area contributed by atoms with Gasteiger partial charge in [-0.05, 0) is 83.0 Å². The molecule has 2 N–H and O–H groups in total. The smallest absolute Gasteiger partial charge is 0.323 e. The van der Waals surface area contributed by atoms with Gasteiger partial charge in [-0.1, -0.05) is 184 Å². The average molecular weight is 739 g/mol. The Morgan fingerprint density at radius 1 is 0.556 bits per heavy atom. The highest BCUT2D eigenvalue weighted by Crippen LogP contribution is 2.36. The molecule has 4 aromatic carbocycles. The maximum absolute atomic E-state index is 13.3. The molecule has 0 aliphatic heterocycles. The van der Waals surface area contributed by atoms with Gasteiger partial charge >= 0.3 is 5.97 Å². The molecule has 0 spiro atoms. The fourth-order valence-corrected chi connectivity index (χ4v) is 8.10. The molecule has 0 aromatic heterocycles. The van der Waals surface area contributed by atoms with Crippen LogP contribution in [-0.4, -0.2) is 37.6 Å². The van der Waals surface area contributed by atoms with Gasteiger partial charge in [0.2, 0.25) is 5.91 Å². The quantitative estimate of drug-likeness (QED) is 0.0297. The molecule has 0 radical (unpaired) electrons. The Bertz CT molecular complexity index is 1580. The number of hydrogen-bond acceptors (Lipinski definition) is 4. The second-order valence-corrected chi connectivity index (χ2v) is 16.0. The molecule has 54 heavy (non-hydrogen) atoms. The lowest BCUT2D eigenvalue weighted by atomic mass is 9.90. The fourth-order valence-electron chi connectivity index (χ4n) is 8.10. The molecule has 0 aliphatic carbocycles. The van der Waals surface area contributed by atoms with Crippen molar-refractivity contribution in [3.05, 3.63) is 60.2 Å². The number of hydrogen-bond donors (Lipinski definition) is 2. The lowest BCUT2D eigenvalue weighted by Gasteiger charge is -2.18. The second kappa shape index (κ2) is 26.6. The Kier molecular flexibility index (Phi) is 21.4. The molecule has 1 amide bonds. The van der Waals surface area contributed by atoms with Crippen molar-refractivity contribution in [1.82, 2.24) is 10.6 Å². The predicted molar refractivity (Wildman–Crippen MR) is 232 cm³/mol. The first kappa shape index (κ1) is 43.5. The van der Waals surface area contributed by atoms with Gasteiger partial charge in [0, 0.05) is 13.0 Å². The maximum Gasteiger partial charge on any atom is 0.323 e. The molecule has 0 aliphatic rings. The summed E-state index contributed by atoms with van der Waals surface area (Å²) in [5, 5.41) is 14.6. The minimum Gasteiger partial charge on any atom is -0.465 e. The van der Waals surface area contributed by atoms with E-state index in [2.05, 4.69) is 79.1 Å². The van der Waals surface area contributed by atoms with Crippen LogP contribution in [0.25, 0.3) is 32.3 Å². The summed E-state index contributed by atoms with van der Waals surface area (Å²) >= 11 is 0. The maximum atomic E-state index is 13.3. The average Bonchev–Trinajstić information content (AvgIpc) is 3.19. The first-order chi connectivity index (χ1) is 26.6. The largest absolute Gasteiger partial charge is 0.465 e. The zero-order valence-corrected chi connectivity index (χ0v) is 34.3. The molecule has 5 nitrogen and oxygen atoms in total. The summed E-state index contributed by atoms with van der Waals surface area (Å²) in [6.45, 7) is 6.44. The normalized spacial score (nSPS) is 12.3. The van der Waals surface area contributed by atoms with Crippen molar-refractivity contribution in [3.8, 4) is 0 Å². The molecule has 1 atom stereocenters. The molecule has 0 bridgehead atoms. The van der Waals surface area contributed by atoms with Crippen molar-refractivity contribution in [2.45, 2.75) is 180 Å². The predicted octanol–water partition coefficient (Wildman–Crippen LogP) is 13.1. The highest BCUT2D eigenvalue weighted by atomic mass is 16.5. The van der Waals surface area contributed by atoms with E-state index in [1.54, 1.807) is 0 Å². The third-order valence-corrected chi connectivity index (χ3v) is 11.4.